The summed E-state index contributed by atoms with van der Waals surface area (Å²) in [5.41, 5.74) is 7.81. The third-order valence-electron chi connectivity index (χ3n) is 7.67. The highest BCUT2D eigenvalue weighted by molar-refractivity contribution is 5.64. The Morgan fingerprint density at radius 3 is 2.68 bits per heavy atom. The predicted molar refractivity (Wildman–Crippen MR) is 121 cm³/mol. The Hall–Kier alpha value is -2.33. The maximum Gasteiger partial charge on any atom is 0.573 e. The Morgan fingerprint density at radius 1 is 1.26 bits per heavy atom. The fraction of sp³-hybridized carbons (Fsp3) is 0.667. The second-order valence-electron chi connectivity index (χ2n) is 10.3. The standard InChI is InChI=1S/C24H32F3N5O2/c1-13(2)32-20(8-19(30-32)16-7-21(23(28)29-9-16)34-24(25,26)27)18-6-15-4-5-17(18)22(15)31(3)10-14-11-33-12-14/h7-9,13-15,17-18,22H,4-6,10-12H2,1-3H3,(H2,28,29)/t15?,17?,18-,22?/m0/s1. The summed E-state index contributed by atoms with van der Waals surface area (Å²) in [5, 5.41) is 4.78. The van der Waals surface area contributed by atoms with E-state index in [-0.39, 0.29) is 11.9 Å². The summed E-state index contributed by atoms with van der Waals surface area (Å²) >= 11 is 0. The van der Waals surface area contributed by atoms with Crippen LogP contribution in [0.3, 0.4) is 0 Å². The molecule has 3 heterocycles. The first-order chi connectivity index (χ1) is 16.1. The van der Waals surface area contributed by atoms with E-state index in [2.05, 4.69) is 35.5 Å². The lowest BCUT2D eigenvalue weighted by Gasteiger charge is -2.35. The first kappa shape index (κ1) is 23.4. The number of aromatic nitrogens is 3. The normalized spacial score (nSPS) is 27.1. The maximum absolute atomic E-state index is 12.8. The fourth-order valence-electron chi connectivity index (χ4n) is 6.28. The van der Waals surface area contributed by atoms with Crippen molar-refractivity contribution in [3.8, 4) is 17.0 Å². The van der Waals surface area contributed by atoms with E-state index in [1.54, 1.807) is 0 Å². The summed E-state index contributed by atoms with van der Waals surface area (Å²) in [6.45, 7) is 6.93. The number of nitrogen functional groups attached to an aromatic ring is 1. The molecule has 0 radical (unpaired) electrons. The molecule has 1 aliphatic heterocycles. The van der Waals surface area contributed by atoms with Crippen molar-refractivity contribution in [1.82, 2.24) is 19.7 Å². The molecule has 34 heavy (non-hydrogen) atoms. The summed E-state index contributed by atoms with van der Waals surface area (Å²) in [5.74, 6) is 1.40. The number of alkyl halides is 3. The number of hydrogen-bond acceptors (Lipinski definition) is 6. The SMILES string of the molecule is CC(C)n1nc(-c2cnc(N)c(OC(F)(F)F)c2)cc1[C@H]1CC2CCC1C2N(C)CC1COC1. The van der Waals surface area contributed by atoms with Crippen molar-refractivity contribution in [3.05, 3.63) is 24.0 Å². The van der Waals surface area contributed by atoms with Crippen molar-refractivity contribution in [3.63, 3.8) is 0 Å². The Morgan fingerprint density at radius 2 is 2.03 bits per heavy atom. The average molecular weight is 480 g/mol. The molecule has 2 aliphatic carbocycles. The molecule has 7 nitrogen and oxygen atoms in total. The van der Waals surface area contributed by atoms with Crippen LogP contribution in [0.5, 0.6) is 5.75 Å². The van der Waals surface area contributed by atoms with Gasteiger partial charge in [-0.1, -0.05) is 0 Å². The molecule has 0 amide bonds. The summed E-state index contributed by atoms with van der Waals surface area (Å²) in [6.07, 6.45) is 0.165. The van der Waals surface area contributed by atoms with Crippen molar-refractivity contribution in [2.75, 3.05) is 32.5 Å². The topological polar surface area (TPSA) is 78.4 Å². The van der Waals surface area contributed by atoms with Gasteiger partial charge in [0.15, 0.2) is 11.6 Å². The summed E-state index contributed by atoms with van der Waals surface area (Å²) in [4.78, 5) is 6.46. The van der Waals surface area contributed by atoms with E-state index in [1.165, 1.54) is 25.1 Å². The number of fused-ring (bicyclic) bond motifs is 2. The summed E-state index contributed by atoms with van der Waals surface area (Å²) in [6, 6.07) is 3.96. The molecule has 3 aliphatic rings. The van der Waals surface area contributed by atoms with Crippen LogP contribution in [-0.4, -0.2) is 58.9 Å². The van der Waals surface area contributed by atoms with Crippen LogP contribution in [0.2, 0.25) is 0 Å². The van der Waals surface area contributed by atoms with Crippen LogP contribution in [0.25, 0.3) is 11.3 Å². The molecule has 2 N–H and O–H groups in total. The zero-order valence-electron chi connectivity index (χ0n) is 19.8. The van der Waals surface area contributed by atoms with Crippen molar-refractivity contribution in [2.45, 2.75) is 57.5 Å². The molecule has 0 spiro atoms. The van der Waals surface area contributed by atoms with E-state index in [9.17, 15) is 13.2 Å². The quantitative estimate of drug-likeness (QED) is 0.632. The van der Waals surface area contributed by atoms with Crippen LogP contribution in [0, 0.1) is 17.8 Å². The van der Waals surface area contributed by atoms with Crippen molar-refractivity contribution in [1.29, 1.82) is 0 Å². The molecule has 2 aromatic rings. The van der Waals surface area contributed by atoms with E-state index in [1.807, 2.05) is 10.7 Å². The Kier molecular flexibility index (Phi) is 6.00. The van der Waals surface area contributed by atoms with Crippen LogP contribution in [-0.2, 0) is 4.74 Å². The minimum Gasteiger partial charge on any atom is -0.402 e. The van der Waals surface area contributed by atoms with Crippen LogP contribution in [0.1, 0.15) is 50.8 Å². The molecule has 2 bridgehead atoms. The molecule has 10 heteroatoms. The van der Waals surface area contributed by atoms with Gasteiger partial charge in [0.05, 0.1) is 18.9 Å². The maximum atomic E-state index is 12.8. The van der Waals surface area contributed by atoms with E-state index in [4.69, 9.17) is 15.6 Å². The molecular weight excluding hydrogens is 447 g/mol. The van der Waals surface area contributed by atoms with E-state index in [0.717, 1.165) is 31.9 Å². The van der Waals surface area contributed by atoms with Gasteiger partial charge >= 0.3 is 6.36 Å². The lowest BCUT2D eigenvalue weighted by Crippen LogP contribution is -2.44. The highest BCUT2D eigenvalue weighted by Crippen LogP contribution is 2.55. The molecule has 0 aromatic carbocycles. The molecule has 2 saturated carbocycles. The molecule has 4 atom stereocenters. The number of nitrogens with zero attached hydrogens (tertiary/aromatic N) is 4. The van der Waals surface area contributed by atoms with E-state index in [0.29, 0.717) is 41.0 Å². The first-order valence-electron chi connectivity index (χ1n) is 12.0. The number of pyridine rings is 1. The zero-order chi connectivity index (χ0) is 24.2. The van der Waals surface area contributed by atoms with Crippen molar-refractivity contribution < 1.29 is 22.6 Å². The number of anilines is 1. The lowest BCUT2D eigenvalue weighted by molar-refractivity contribution is -0.274. The fourth-order valence-corrected chi connectivity index (χ4v) is 6.28. The van der Waals surface area contributed by atoms with Gasteiger partial charge in [-0.15, -0.1) is 13.2 Å². The molecule has 186 valence electrons. The Labute approximate surface area is 197 Å². The summed E-state index contributed by atoms with van der Waals surface area (Å²) in [7, 11) is 2.24. The number of rotatable bonds is 7. The van der Waals surface area contributed by atoms with Gasteiger partial charge < -0.3 is 20.1 Å². The van der Waals surface area contributed by atoms with Gasteiger partial charge in [0, 0.05) is 47.9 Å². The highest BCUT2D eigenvalue weighted by Gasteiger charge is 2.51. The van der Waals surface area contributed by atoms with E-state index < -0.39 is 12.1 Å². The van der Waals surface area contributed by atoms with E-state index >= 15 is 0 Å². The van der Waals surface area contributed by atoms with Gasteiger partial charge in [-0.3, -0.25) is 4.68 Å². The second kappa shape index (κ2) is 8.71. The van der Waals surface area contributed by atoms with Gasteiger partial charge in [-0.25, -0.2) is 4.98 Å². The molecule has 3 unspecified atom stereocenters. The molecule has 2 aromatic heterocycles. The number of nitrogens with two attached hydrogens (primary N) is 1. The second-order valence-corrected chi connectivity index (χ2v) is 10.3. The Bertz CT molecular complexity index is 1040. The third-order valence-corrected chi connectivity index (χ3v) is 7.67. The van der Waals surface area contributed by atoms with Crippen LogP contribution in [0.4, 0.5) is 19.0 Å². The smallest absolute Gasteiger partial charge is 0.402 e. The molecule has 5 rings (SSSR count). The van der Waals surface area contributed by atoms with Crippen LogP contribution in [0.15, 0.2) is 18.3 Å². The Balaban J connectivity index is 1.43. The molecule has 3 fully saturated rings. The third kappa shape index (κ3) is 4.37. The number of hydrogen-bond donors (Lipinski definition) is 1. The van der Waals surface area contributed by atoms with Gasteiger partial charge in [0.1, 0.15) is 0 Å². The number of halogens is 3. The average Bonchev–Trinajstić information content (AvgIpc) is 3.43. The van der Waals surface area contributed by atoms with Gasteiger partial charge in [0.25, 0.3) is 0 Å². The van der Waals surface area contributed by atoms with Gasteiger partial charge in [-0.2, -0.15) is 5.10 Å². The van der Waals surface area contributed by atoms with Gasteiger partial charge in [0.2, 0.25) is 0 Å². The first-order valence-corrected chi connectivity index (χ1v) is 12.0. The minimum absolute atomic E-state index is 0.124. The molecular formula is C24H32F3N5O2. The largest absolute Gasteiger partial charge is 0.573 e. The zero-order valence-corrected chi connectivity index (χ0v) is 19.8. The monoisotopic (exact) mass is 479 g/mol. The molecule has 1 saturated heterocycles. The van der Waals surface area contributed by atoms with Crippen LogP contribution < -0.4 is 10.5 Å². The highest BCUT2D eigenvalue weighted by atomic mass is 19.4. The number of ether oxygens (including phenoxy) is 2. The van der Waals surface area contributed by atoms with Crippen molar-refractivity contribution in [2.24, 2.45) is 17.8 Å². The van der Waals surface area contributed by atoms with Crippen LogP contribution >= 0.6 is 0 Å². The lowest BCUT2D eigenvalue weighted by atomic mass is 9.85. The minimum atomic E-state index is -4.84. The summed E-state index contributed by atoms with van der Waals surface area (Å²) < 4.78 is 49.8. The van der Waals surface area contributed by atoms with Gasteiger partial charge in [-0.05, 0) is 64.1 Å². The predicted octanol–water partition coefficient (Wildman–Crippen LogP) is 4.47. The van der Waals surface area contributed by atoms with Crippen molar-refractivity contribution >= 4 is 5.82 Å².